The summed E-state index contributed by atoms with van der Waals surface area (Å²) in [6.45, 7) is 2.21. The summed E-state index contributed by atoms with van der Waals surface area (Å²) < 4.78 is 49.6. The van der Waals surface area contributed by atoms with E-state index in [0.717, 1.165) is 17.7 Å². The summed E-state index contributed by atoms with van der Waals surface area (Å²) in [4.78, 5) is 12.1. The van der Waals surface area contributed by atoms with Crippen LogP contribution in [0.5, 0.6) is 0 Å². The van der Waals surface area contributed by atoms with Crippen molar-refractivity contribution >= 4 is 5.91 Å². The first-order valence-electron chi connectivity index (χ1n) is 5.35. The summed E-state index contributed by atoms with van der Waals surface area (Å²) in [5, 5.41) is 0. The SMILES string of the molecule is CCC1CCCN(C(=O)C(F)(F)C(F)F)C1. The number of rotatable bonds is 3. The fourth-order valence-corrected chi connectivity index (χ4v) is 1.89. The minimum Gasteiger partial charge on any atom is -0.337 e. The van der Waals surface area contributed by atoms with E-state index in [-0.39, 0.29) is 19.0 Å². The van der Waals surface area contributed by atoms with E-state index in [1.807, 2.05) is 6.92 Å². The molecule has 94 valence electrons. The Morgan fingerprint density at radius 1 is 1.50 bits per heavy atom. The van der Waals surface area contributed by atoms with Crippen molar-refractivity contribution < 1.29 is 22.4 Å². The molecule has 1 amide bonds. The van der Waals surface area contributed by atoms with Gasteiger partial charge in [0, 0.05) is 13.1 Å². The van der Waals surface area contributed by atoms with Crippen LogP contribution in [0.1, 0.15) is 26.2 Å². The molecule has 0 aromatic carbocycles. The van der Waals surface area contributed by atoms with Gasteiger partial charge >= 0.3 is 12.3 Å². The van der Waals surface area contributed by atoms with Gasteiger partial charge in [0.1, 0.15) is 0 Å². The van der Waals surface area contributed by atoms with Gasteiger partial charge in [0.15, 0.2) is 0 Å². The normalized spacial score (nSPS) is 22.6. The number of piperidine rings is 1. The Kier molecular flexibility index (Phi) is 4.15. The second kappa shape index (κ2) is 5.01. The van der Waals surface area contributed by atoms with Crippen molar-refractivity contribution in [3.63, 3.8) is 0 Å². The number of carbonyl (C=O) groups excluding carboxylic acids is 1. The molecule has 0 bridgehead atoms. The third kappa shape index (κ3) is 2.65. The minimum absolute atomic E-state index is 0.145. The standard InChI is InChI=1S/C10H15F4NO/c1-2-7-4-3-5-15(6-7)9(16)10(13,14)8(11)12/h7-8H,2-6H2,1H3. The molecule has 0 radical (unpaired) electrons. The number of alkyl halides is 4. The molecule has 2 nitrogen and oxygen atoms in total. The largest absolute Gasteiger partial charge is 0.383 e. The maximum absolute atomic E-state index is 12.8. The lowest BCUT2D eigenvalue weighted by Crippen LogP contribution is -2.51. The zero-order valence-corrected chi connectivity index (χ0v) is 9.06. The molecule has 1 atom stereocenters. The van der Waals surface area contributed by atoms with Gasteiger partial charge in [-0.05, 0) is 18.8 Å². The zero-order valence-electron chi connectivity index (χ0n) is 9.06. The molecule has 1 saturated heterocycles. The van der Waals surface area contributed by atoms with Crippen LogP contribution in [-0.4, -0.2) is 36.2 Å². The summed E-state index contributed by atoms with van der Waals surface area (Å²) in [6, 6.07) is 0. The van der Waals surface area contributed by atoms with Gasteiger partial charge in [0.25, 0.3) is 5.91 Å². The van der Waals surface area contributed by atoms with Crippen molar-refractivity contribution in [2.75, 3.05) is 13.1 Å². The fourth-order valence-electron chi connectivity index (χ4n) is 1.89. The maximum Gasteiger partial charge on any atom is 0.383 e. The van der Waals surface area contributed by atoms with Crippen LogP contribution in [0.2, 0.25) is 0 Å². The number of halogens is 4. The van der Waals surface area contributed by atoms with Gasteiger partial charge in [-0.3, -0.25) is 4.79 Å². The molecule has 16 heavy (non-hydrogen) atoms. The Hall–Kier alpha value is -0.810. The predicted molar refractivity (Wildman–Crippen MR) is 50.5 cm³/mol. The summed E-state index contributed by atoms with van der Waals surface area (Å²) in [7, 11) is 0. The first-order valence-corrected chi connectivity index (χ1v) is 5.35. The van der Waals surface area contributed by atoms with Crippen LogP contribution < -0.4 is 0 Å². The molecular formula is C10H15F4NO. The van der Waals surface area contributed by atoms with Gasteiger partial charge < -0.3 is 4.90 Å². The molecule has 1 aliphatic heterocycles. The molecule has 0 aliphatic carbocycles. The second-order valence-corrected chi connectivity index (χ2v) is 4.09. The fraction of sp³-hybridized carbons (Fsp3) is 0.900. The predicted octanol–water partition coefficient (Wildman–Crippen LogP) is 2.54. The summed E-state index contributed by atoms with van der Waals surface area (Å²) >= 11 is 0. The van der Waals surface area contributed by atoms with E-state index in [9.17, 15) is 22.4 Å². The Labute approximate surface area is 91.6 Å². The molecule has 1 fully saturated rings. The van der Waals surface area contributed by atoms with Crippen molar-refractivity contribution in [1.29, 1.82) is 0 Å². The molecule has 1 unspecified atom stereocenters. The molecule has 0 aromatic heterocycles. The Balaban J connectivity index is 2.66. The van der Waals surface area contributed by atoms with Crippen molar-refractivity contribution in [2.24, 2.45) is 5.92 Å². The second-order valence-electron chi connectivity index (χ2n) is 4.09. The van der Waals surface area contributed by atoms with E-state index in [0.29, 0.717) is 6.42 Å². The molecule has 1 aliphatic rings. The third-order valence-corrected chi connectivity index (χ3v) is 2.94. The first-order chi connectivity index (χ1) is 7.39. The molecular weight excluding hydrogens is 226 g/mol. The van der Waals surface area contributed by atoms with Gasteiger partial charge in [-0.2, -0.15) is 8.78 Å². The van der Waals surface area contributed by atoms with Gasteiger partial charge in [-0.15, -0.1) is 0 Å². The number of nitrogens with zero attached hydrogens (tertiary/aromatic N) is 1. The van der Waals surface area contributed by atoms with Gasteiger partial charge in [0.2, 0.25) is 0 Å². The average Bonchev–Trinajstić information content (AvgIpc) is 2.27. The third-order valence-electron chi connectivity index (χ3n) is 2.94. The van der Waals surface area contributed by atoms with E-state index in [1.54, 1.807) is 0 Å². The molecule has 1 heterocycles. The van der Waals surface area contributed by atoms with Gasteiger partial charge in [-0.25, -0.2) is 8.78 Å². The molecule has 0 aromatic rings. The Bertz CT molecular complexity index is 257. The Morgan fingerprint density at radius 3 is 2.62 bits per heavy atom. The average molecular weight is 241 g/mol. The van der Waals surface area contributed by atoms with Crippen LogP contribution in [0, 0.1) is 5.92 Å². The molecule has 6 heteroatoms. The van der Waals surface area contributed by atoms with Crippen LogP contribution >= 0.6 is 0 Å². The number of hydrogen-bond acceptors (Lipinski definition) is 1. The van der Waals surface area contributed by atoms with Crippen molar-refractivity contribution in [1.82, 2.24) is 4.90 Å². The number of likely N-dealkylation sites (tertiary alicyclic amines) is 1. The number of hydrogen-bond donors (Lipinski definition) is 0. The molecule has 0 spiro atoms. The van der Waals surface area contributed by atoms with Crippen LogP contribution in [0.15, 0.2) is 0 Å². The van der Waals surface area contributed by atoms with Gasteiger partial charge in [-0.1, -0.05) is 13.3 Å². The van der Waals surface area contributed by atoms with Crippen LogP contribution in [-0.2, 0) is 4.79 Å². The monoisotopic (exact) mass is 241 g/mol. The zero-order chi connectivity index (χ0) is 12.3. The van der Waals surface area contributed by atoms with Gasteiger partial charge in [0.05, 0.1) is 0 Å². The smallest absolute Gasteiger partial charge is 0.337 e. The lowest BCUT2D eigenvalue weighted by Gasteiger charge is -2.34. The first kappa shape index (κ1) is 13.3. The lowest BCUT2D eigenvalue weighted by molar-refractivity contribution is -0.182. The van der Waals surface area contributed by atoms with E-state index in [4.69, 9.17) is 0 Å². The highest BCUT2D eigenvalue weighted by molar-refractivity contribution is 5.84. The highest BCUT2D eigenvalue weighted by Gasteiger charge is 2.51. The highest BCUT2D eigenvalue weighted by atomic mass is 19.3. The lowest BCUT2D eigenvalue weighted by atomic mass is 9.95. The van der Waals surface area contributed by atoms with Crippen LogP contribution in [0.3, 0.4) is 0 Å². The molecule has 0 N–H and O–H groups in total. The molecule has 0 saturated carbocycles. The number of carbonyl (C=O) groups is 1. The molecule has 1 rings (SSSR count). The van der Waals surface area contributed by atoms with E-state index in [1.165, 1.54) is 0 Å². The summed E-state index contributed by atoms with van der Waals surface area (Å²) in [5.74, 6) is -6.14. The van der Waals surface area contributed by atoms with Crippen molar-refractivity contribution in [3.05, 3.63) is 0 Å². The number of amides is 1. The maximum atomic E-state index is 12.8. The van der Waals surface area contributed by atoms with Crippen LogP contribution in [0.4, 0.5) is 17.6 Å². The van der Waals surface area contributed by atoms with Crippen molar-refractivity contribution in [3.8, 4) is 0 Å². The minimum atomic E-state index is -4.55. The van der Waals surface area contributed by atoms with Crippen LogP contribution in [0.25, 0.3) is 0 Å². The van der Waals surface area contributed by atoms with E-state index < -0.39 is 18.3 Å². The Morgan fingerprint density at radius 2 is 2.12 bits per heavy atom. The van der Waals surface area contributed by atoms with E-state index >= 15 is 0 Å². The summed E-state index contributed by atoms with van der Waals surface area (Å²) in [6.07, 6.45) is -1.70. The summed E-state index contributed by atoms with van der Waals surface area (Å²) in [5.41, 5.74) is 0. The quantitative estimate of drug-likeness (QED) is 0.695. The van der Waals surface area contributed by atoms with E-state index in [2.05, 4.69) is 0 Å². The topological polar surface area (TPSA) is 20.3 Å². The van der Waals surface area contributed by atoms with Crippen molar-refractivity contribution in [2.45, 2.75) is 38.5 Å². The highest BCUT2D eigenvalue weighted by Crippen LogP contribution is 2.28.